The topological polar surface area (TPSA) is 0 Å². The van der Waals surface area contributed by atoms with E-state index >= 15 is 0 Å². The molecule has 2 aromatic rings. The van der Waals surface area contributed by atoms with Crippen LogP contribution in [0.25, 0.3) is 23.3 Å². The minimum atomic E-state index is -1.24. The Bertz CT molecular complexity index is 670. The second kappa shape index (κ2) is 5.86. The first kappa shape index (κ1) is 15.5. The van der Waals surface area contributed by atoms with Crippen molar-refractivity contribution in [3.05, 3.63) is 66.2 Å². The summed E-state index contributed by atoms with van der Waals surface area (Å²) in [6.45, 7) is 17.1. The maximum atomic E-state index is 3.98. The van der Waals surface area contributed by atoms with Gasteiger partial charge in [-0.25, -0.2) is 0 Å². The largest absolute Gasteiger partial charge is 0.0985 e. The van der Waals surface area contributed by atoms with Gasteiger partial charge in [-0.1, -0.05) is 86.5 Å². The smallest absolute Gasteiger partial charge is 0.0775 e. The molecule has 0 fully saturated rings. The molecule has 108 valence electrons. The summed E-state index contributed by atoms with van der Waals surface area (Å²) in [5.41, 5.74) is 6.12. The molecular formula is C20H24Si. The molecule has 0 nitrogen and oxygen atoms in total. The first-order valence-electron chi connectivity index (χ1n) is 7.38. The van der Waals surface area contributed by atoms with Crippen molar-refractivity contribution in [2.45, 2.75) is 26.6 Å². The Morgan fingerprint density at radius 2 is 1.48 bits per heavy atom. The second-order valence-electron chi connectivity index (χ2n) is 6.48. The van der Waals surface area contributed by atoms with E-state index in [-0.39, 0.29) is 0 Å². The Labute approximate surface area is 129 Å². The molecule has 0 saturated carbocycles. The van der Waals surface area contributed by atoms with Crippen LogP contribution in [0.3, 0.4) is 0 Å². The zero-order valence-electron chi connectivity index (χ0n) is 13.5. The monoisotopic (exact) mass is 292 g/mol. The van der Waals surface area contributed by atoms with Crippen LogP contribution in [0.2, 0.25) is 19.6 Å². The molecule has 0 aliphatic heterocycles. The van der Waals surface area contributed by atoms with Crippen LogP contribution in [0.15, 0.2) is 49.6 Å². The lowest BCUT2D eigenvalue weighted by Crippen LogP contribution is -2.37. The van der Waals surface area contributed by atoms with E-state index in [1.54, 1.807) is 0 Å². The molecule has 0 unspecified atom stereocenters. The summed E-state index contributed by atoms with van der Waals surface area (Å²) in [5.74, 6) is 0. The van der Waals surface area contributed by atoms with Crippen molar-refractivity contribution in [1.82, 2.24) is 0 Å². The van der Waals surface area contributed by atoms with Gasteiger partial charge in [-0.3, -0.25) is 0 Å². The van der Waals surface area contributed by atoms with E-state index in [4.69, 9.17) is 0 Å². The Balaban J connectivity index is 2.54. The van der Waals surface area contributed by atoms with Crippen molar-refractivity contribution in [3.63, 3.8) is 0 Å². The minimum Gasteiger partial charge on any atom is -0.0985 e. The summed E-state index contributed by atoms with van der Waals surface area (Å²) >= 11 is 0. The Morgan fingerprint density at radius 3 is 1.95 bits per heavy atom. The Morgan fingerprint density at radius 1 is 0.857 bits per heavy atom. The molecule has 0 aliphatic carbocycles. The van der Waals surface area contributed by atoms with Crippen LogP contribution in [-0.2, 0) is 0 Å². The van der Waals surface area contributed by atoms with Gasteiger partial charge in [-0.05, 0) is 34.7 Å². The maximum absolute atomic E-state index is 3.98. The lowest BCUT2D eigenvalue weighted by Gasteiger charge is -2.18. The average Bonchev–Trinajstić information content (AvgIpc) is 2.46. The second-order valence-corrected chi connectivity index (χ2v) is 11.6. The SMILES string of the molecule is C=Cc1ccc(-c2ccc([Si](C)(C)C)cc2)c(C=C)c1C. The van der Waals surface area contributed by atoms with Gasteiger partial charge in [0.05, 0.1) is 8.07 Å². The average molecular weight is 292 g/mol. The van der Waals surface area contributed by atoms with Gasteiger partial charge >= 0.3 is 0 Å². The molecule has 0 radical (unpaired) electrons. The fourth-order valence-electron chi connectivity index (χ4n) is 2.63. The third kappa shape index (κ3) is 3.08. The van der Waals surface area contributed by atoms with Crippen molar-refractivity contribution in [2.24, 2.45) is 0 Å². The molecule has 0 N–H and O–H groups in total. The first-order chi connectivity index (χ1) is 9.88. The van der Waals surface area contributed by atoms with Gasteiger partial charge in [0, 0.05) is 0 Å². The van der Waals surface area contributed by atoms with Crippen molar-refractivity contribution in [1.29, 1.82) is 0 Å². The molecule has 0 heterocycles. The summed E-state index contributed by atoms with van der Waals surface area (Å²) < 4.78 is 0. The van der Waals surface area contributed by atoms with Crippen LogP contribution >= 0.6 is 0 Å². The summed E-state index contributed by atoms with van der Waals surface area (Å²) in [7, 11) is -1.24. The van der Waals surface area contributed by atoms with Crippen LogP contribution in [0.1, 0.15) is 16.7 Å². The molecule has 0 saturated heterocycles. The van der Waals surface area contributed by atoms with Gasteiger partial charge in [-0.15, -0.1) is 0 Å². The fraction of sp³-hybridized carbons (Fsp3) is 0.200. The highest BCUT2D eigenvalue weighted by molar-refractivity contribution is 6.88. The van der Waals surface area contributed by atoms with Crippen molar-refractivity contribution in [2.75, 3.05) is 0 Å². The molecule has 0 atom stereocenters. The molecule has 2 rings (SSSR count). The lowest BCUT2D eigenvalue weighted by atomic mass is 9.92. The van der Waals surface area contributed by atoms with Gasteiger partial charge in [0.25, 0.3) is 0 Å². The van der Waals surface area contributed by atoms with E-state index in [1.807, 2.05) is 12.2 Å². The fourth-order valence-corrected chi connectivity index (χ4v) is 3.80. The lowest BCUT2D eigenvalue weighted by molar-refractivity contribution is 1.41. The van der Waals surface area contributed by atoms with E-state index in [0.29, 0.717) is 0 Å². The molecule has 0 aromatic heterocycles. The number of benzene rings is 2. The van der Waals surface area contributed by atoms with Crippen molar-refractivity contribution >= 4 is 25.4 Å². The molecule has 0 amide bonds. The van der Waals surface area contributed by atoms with E-state index in [2.05, 4.69) is 76.1 Å². The molecular weight excluding hydrogens is 268 g/mol. The molecule has 0 aliphatic rings. The molecule has 0 bridgehead atoms. The summed E-state index contributed by atoms with van der Waals surface area (Å²) in [5, 5.41) is 1.49. The number of hydrogen-bond acceptors (Lipinski definition) is 0. The van der Waals surface area contributed by atoms with E-state index in [0.717, 1.165) is 0 Å². The quantitative estimate of drug-likeness (QED) is 0.653. The summed E-state index contributed by atoms with van der Waals surface area (Å²) in [6, 6.07) is 13.4. The third-order valence-electron chi connectivity index (χ3n) is 4.04. The standard InChI is InChI=1S/C20H24Si/c1-7-16-11-14-20(19(8-2)15(16)3)17-9-12-18(13-10-17)21(4,5)6/h7-14H,1-2H2,3-6H3. The molecule has 2 aromatic carbocycles. The highest BCUT2D eigenvalue weighted by Crippen LogP contribution is 2.29. The van der Waals surface area contributed by atoms with Crippen LogP contribution < -0.4 is 5.19 Å². The Hall–Kier alpha value is -1.86. The van der Waals surface area contributed by atoms with Crippen molar-refractivity contribution in [3.8, 4) is 11.1 Å². The van der Waals surface area contributed by atoms with Gasteiger partial charge in [0.15, 0.2) is 0 Å². The van der Waals surface area contributed by atoms with Crippen LogP contribution in [0, 0.1) is 6.92 Å². The van der Waals surface area contributed by atoms with Gasteiger partial charge in [0.1, 0.15) is 0 Å². The normalized spacial score (nSPS) is 11.2. The predicted octanol–water partition coefficient (Wildman–Crippen LogP) is 5.49. The zero-order chi connectivity index (χ0) is 15.6. The van der Waals surface area contributed by atoms with E-state index in [1.165, 1.54) is 33.0 Å². The molecule has 1 heteroatoms. The number of hydrogen-bond donors (Lipinski definition) is 0. The van der Waals surface area contributed by atoms with Crippen LogP contribution in [0.5, 0.6) is 0 Å². The van der Waals surface area contributed by atoms with Crippen molar-refractivity contribution < 1.29 is 0 Å². The van der Waals surface area contributed by atoms with E-state index < -0.39 is 8.07 Å². The zero-order valence-corrected chi connectivity index (χ0v) is 14.5. The summed E-state index contributed by atoms with van der Waals surface area (Å²) in [6.07, 6.45) is 3.85. The highest BCUT2D eigenvalue weighted by Gasteiger charge is 2.16. The van der Waals surface area contributed by atoms with Gasteiger partial charge in [0.2, 0.25) is 0 Å². The van der Waals surface area contributed by atoms with E-state index in [9.17, 15) is 0 Å². The number of rotatable bonds is 4. The highest BCUT2D eigenvalue weighted by atomic mass is 28.3. The maximum Gasteiger partial charge on any atom is 0.0775 e. The van der Waals surface area contributed by atoms with Crippen LogP contribution in [0.4, 0.5) is 0 Å². The minimum absolute atomic E-state index is 1.17. The summed E-state index contributed by atoms with van der Waals surface area (Å²) in [4.78, 5) is 0. The van der Waals surface area contributed by atoms with Gasteiger partial charge < -0.3 is 0 Å². The Kier molecular flexibility index (Phi) is 4.34. The first-order valence-corrected chi connectivity index (χ1v) is 10.9. The van der Waals surface area contributed by atoms with Gasteiger partial charge in [-0.2, -0.15) is 0 Å². The molecule has 21 heavy (non-hydrogen) atoms. The predicted molar refractivity (Wildman–Crippen MR) is 99.8 cm³/mol. The van der Waals surface area contributed by atoms with Crippen LogP contribution in [-0.4, -0.2) is 8.07 Å². The third-order valence-corrected chi connectivity index (χ3v) is 6.11. The molecule has 0 spiro atoms.